The van der Waals surface area contributed by atoms with Crippen LogP contribution in [0, 0.1) is 5.82 Å². The maximum Gasteiger partial charge on any atom is 0.203 e. The molecule has 2 aromatic carbocycles. The lowest BCUT2D eigenvalue weighted by Gasteiger charge is -2.01. The summed E-state index contributed by atoms with van der Waals surface area (Å²) in [7, 11) is 0. The van der Waals surface area contributed by atoms with Crippen LogP contribution in [0.1, 0.15) is 16.2 Å². The fraction of sp³-hybridized carbons (Fsp3) is 0.0667. The van der Waals surface area contributed by atoms with E-state index >= 15 is 0 Å². The van der Waals surface area contributed by atoms with Crippen LogP contribution in [0.2, 0.25) is 5.02 Å². The average molecular weight is 290 g/mol. The van der Waals surface area contributed by atoms with Gasteiger partial charge in [-0.2, -0.15) is 0 Å². The highest BCUT2D eigenvalue weighted by Gasteiger charge is 2.15. The second-order valence-electron chi connectivity index (χ2n) is 4.30. The number of rotatable bonds is 3. The molecule has 0 aliphatic carbocycles. The predicted molar refractivity (Wildman–Crippen MR) is 73.5 cm³/mol. The minimum Gasteiger partial charge on any atom is -0.440 e. The van der Waals surface area contributed by atoms with Crippen molar-refractivity contribution in [1.82, 2.24) is 4.98 Å². The normalized spacial score (nSPS) is 10.9. The molecule has 1 heterocycles. The summed E-state index contributed by atoms with van der Waals surface area (Å²) in [6.07, 6.45) is -0.0139. The van der Waals surface area contributed by atoms with Crippen LogP contribution >= 0.6 is 11.6 Å². The van der Waals surface area contributed by atoms with Crippen molar-refractivity contribution in [2.24, 2.45) is 0 Å². The van der Waals surface area contributed by atoms with Gasteiger partial charge in [-0.1, -0.05) is 23.7 Å². The number of carbonyl (C=O) groups is 1. The molecule has 100 valence electrons. The average Bonchev–Trinajstić information content (AvgIpc) is 2.80. The Hall–Kier alpha value is -2.20. The van der Waals surface area contributed by atoms with Gasteiger partial charge in [0.05, 0.1) is 11.4 Å². The molecule has 0 atom stereocenters. The lowest BCUT2D eigenvalue weighted by molar-refractivity contribution is 0.0986. The van der Waals surface area contributed by atoms with E-state index in [1.807, 2.05) is 12.1 Å². The largest absolute Gasteiger partial charge is 0.440 e. The van der Waals surface area contributed by atoms with Crippen LogP contribution in [-0.2, 0) is 6.42 Å². The Morgan fingerprint density at radius 2 is 2.05 bits per heavy atom. The Morgan fingerprint density at radius 1 is 1.25 bits per heavy atom. The van der Waals surface area contributed by atoms with Crippen LogP contribution in [0.4, 0.5) is 4.39 Å². The van der Waals surface area contributed by atoms with Gasteiger partial charge >= 0.3 is 0 Å². The molecule has 0 N–H and O–H groups in total. The lowest BCUT2D eigenvalue weighted by atomic mass is 10.1. The Labute approximate surface area is 119 Å². The number of aromatic nitrogens is 1. The van der Waals surface area contributed by atoms with E-state index < -0.39 is 5.82 Å². The summed E-state index contributed by atoms with van der Waals surface area (Å²) in [5, 5.41) is 0.0890. The van der Waals surface area contributed by atoms with Gasteiger partial charge in [0.25, 0.3) is 0 Å². The third-order valence-electron chi connectivity index (χ3n) is 2.88. The predicted octanol–water partition coefficient (Wildman–Crippen LogP) is 4.05. The quantitative estimate of drug-likeness (QED) is 0.683. The highest BCUT2D eigenvalue weighted by atomic mass is 35.5. The van der Waals surface area contributed by atoms with Gasteiger partial charge in [0.1, 0.15) is 11.3 Å². The van der Waals surface area contributed by atoms with Gasteiger partial charge in [0.2, 0.25) is 5.89 Å². The van der Waals surface area contributed by atoms with Crippen molar-refractivity contribution < 1.29 is 13.6 Å². The van der Waals surface area contributed by atoms with Gasteiger partial charge in [0, 0.05) is 5.56 Å². The molecule has 0 radical (unpaired) electrons. The molecular formula is C15H9ClFNO2. The number of benzene rings is 2. The first-order chi connectivity index (χ1) is 9.63. The summed E-state index contributed by atoms with van der Waals surface area (Å²) in [5.41, 5.74) is 1.58. The molecule has 0 amide bonds. The zero-order chi connectivity index (χ0) is 14.1. The number of ketones is 1. The van der Waals surface area contributed by atoms with E-state index in [0.29, 0.717) is 17.0 Å². The lowest BCUT2D eigenvalue weighted by Crippen LogP contribution is -2.04. The van der Waals surface area contributed by atoms with Crippen LogP contribution in [0.3, 0.4) is 0 Å². The van der Waals surface area contributed by atoms with Crippen molar-refractivity contribution >= 4 is 28.5 Å². The van der Waals surface area contributed by atoms with E-state index in [1.165, 1.54) is 12.1 Å². The minimum absolute atomic E-state index is 0.0139. The first-order valence-corrected chi connectivity index (χ1v) is 6.34. The maximum atomic E-state index is 13.0. The Bertz CT molecular complexity index is 764. The van der Waals surface area contributed by atoms with Crippen LogP contribution in [-0.4, -0.2) is 10.8 Å². The molecule has 0 unspecified atom stereocenters. The highest BCUT2D eigenvalue weighted by molar-refractivity contribution is 6.34. The fourth-order valence-corrected chi connectivity index (χ4v) is 2.22. The number of hydrogen-bond donors (Lipinski definition) is 0. The number of para-hydroxylation sites is 2. The first kappa shape index (κ1) is 12.8. The van der Waals surface area contributed by atoms with Gasteiger partial charge in [-0.15, -0.1) is 0 Å². The number of fused-ring (bicyclic) bond motifs is 1. The Kier molecular flexibility index (Phi) is 3.24. The maximum absolute atomic E-state index is 13.0. The fourth-order valence-electron chi connectivity index (χ4n) is 1.94. The van der Waals surface area contributed by atoms with E-state index in [9.17, 15) is 9.18 Å². The summed E-state index contributed by atoms with van der Waals surface area (Å²) in [4.78, 5) is 16.3. The van der Waals surface area contributed by atoms with E-state index in [1.54, 1.807) is 12.1 Å². The van der Waals surface area contributed by atoms with Crippen LogP contribution in [0.15, 0.2) is 46.9 Å². The van der Waals surface area contributed by atoms with Gasteiger partial charge in [0.15, 0.2) is 11.4 Å². The molecule has 0 spiro atoms. The smallest absolute Gasteiger partial charge is 0.203 e. The third kappa shape index (κ3) is 2.42. The van der Waals surface area contributed by atoms with Crippen molar-refractivity contribution in [3.63, 3.8) is 0 Å². The van der Waals surface area contributed by atoms with Gasteiger partial charge < -0.3 is 4.42 Å². The first-order valence-electron chi connectivity index (χ1n) is 5.96. The molecule has 3 nitrogen and oxygen atoms in total. The molecule has 20 heavy (non-hydrogen) atoms. The summed E-state index contributed by atoms with van der Waals surface area (Å²) in [6.45, 7) is 0. The van der Waals surface area contributed by atoms with E-state index in [0.717, 1.165) is 6.07 Å². The van der Waals surface area contributed by atoms with E-state index in [2.05, 4.69) is 4.98 Å². The van der Waals surface area contributed by atoms with Crippen LogP contribution in [0.5, 0.6) is 0 Å². The molecule has 1 aromatic heterocycles. The third-order valence-corrected chi connectivity index (χ3v) is 3.19. The zero-order valence-corrected chi connectivity index (χ0v) is 11.0. The summed E-state index contributed by atoms with van der Waals surface area (Å²) in [5.74, 6) is -0.424. The van der Waals surface area contributed by atoms with Crippen molar-refractivity contribution in [1.29, 1.82) is 0 Å². The van der Waals surface area contributed by atoms with Crippen molar-refractivity contribution in [2.45, 2.75) is 6.42 Å². The van der Waals surface area contributed by atoms with Crippen molar-refractivity contribution in [3.05, 3.63) is 64.8 Å². The summed E-state index contributed by atoms with van der Waals surface area (Å²) in [6, 6.07) is 10.9. The molecule has 0 saturated carbocycles. The molecule has 3 aromatic rings. The van der Waals surface area contributed by atoms with Gasteiger partial charge in [-0.3, -0.25) is 4.79 Å². The molecular weight excluding hydrogens is 281 g/mol. The number of oxazole rings is 1. The van der Waals surface area contributed by atoms with Crippen LogP contribution < -0.4 is 0 Å². The number of carbonyl (C=O) groups excluding carboxylic acids is 1. The van der Waals surface area contributed by atoms with Crippen molar-refractivity contribution in [2.75, 3.05) is 0 Å². The number of halogens is 2. The molecule has 5 heteroatoms. The molecule has 3 rings (SSSR count). The van der Waals surface area contributed by atoms with E-state index in [-0.39, 0.29) is 22.8 Å². The number of nitrogens with zero attached hydrogens (tertiary/aromatic N) is 1. The number of Topliss-reactive ketones (excluding diaryl/α,β-unsaturated/α-hetero) is 1. The van der Waals surface area contributed by atoms with E-state index in [4.69, 9.17) is 16.0 Å². The van der Waals surface area contributed by atoms with Crippen molar-refractivity contribution in [3.8, 4) is 0 Å². The molecule has 0 aliphatic rings. The number of hydrogen-bond acceptors (Lipinski definition) is 3. The van der Waals surface area contributed by atoms with Gasteiger partial charge in [-0.25, -0.2) is 9.37 Å². The topological polar surface area (TPSA) is 43.1 Å². The molecule has 0 aliphatic heterocycles. The molecule has 0 fully saturated rings. The Balaban J connectivity index is 1.88. The summed E-state index contributed by atoms with van der Waals surface area (Å²) < 4.78 is 18.4. The highest BCUT2D eigenvalue weighted by Crippen LogP contribution is 2.21. The monoisotopic (exact) mass is 289 g/mol. The van der Waals surface area contributed by atoms with Gasteiger partial charge in [-0.05, 0) is 30.3 Å². The standard InChI is InChI=1S/C15H9ClFNO2/c16-11-7-9(17)5-6-10(11)13(19)8-15-18-12-3-1-2-4-14(12)20-15/h1-7H,8H2. The molecule has 0 bridgehead atoms. The SMILES string of the molecule is O=C(Cc1nc2ccccc2o1)c1ccc(F)cc1Cl. The second kappa shape index (κ2) is 5.06. The van der Waals surface area contributed by atoms with Crippen LogP contribution in [0.25, 0.3) is 11.1 Å². The minimum atomic E-state index is -0.478. The zero-order valence-electron chi connectivity index (χ0n) is 10.3. The Morgan fingerprint density at radius 3 is 2.80 bits per heavy atom. The summed E-state index contributed by atoms with van der Waals surface area (Å²) >= 11 is 5.86. The molecule has 0 saturated heterocycles. The second-order valence-corrected chi connectivity index (χ2v) is 4.71.